The maximum Gasteiger partial charge on any atom is 0.525 e. The molecule has 0 heterocycles. The van der Waals surface area contributed by atoms with Gasteiger partial charge in [0.1, 0.15) is 0 Å². The number of benzene rings is 1. The van der Waals surface area contributed by atoms with Crippen molar-refractivity contribution in [2.45, 2.75) is 5.51 Å². The number of hydrogen-bond donors (Lipinski definition) is 0. The van der Waals surface area contributed by atoms with E-state index in [9.17, 15) is 21.6 Å². The number of anilines is 1. The first-order chi connectivity index (χ1) is 7.24. The van der Waals surface area contributed by atoms with E-state index in [-0.39, 0.29) is 5.69 Å². The Balaban J connectivity index is 2.85. The lowest BCUT2D eigenvalue weighted by molar-refractivity contribution is -0.0546. The molecule has 1 aromatic rings. The van der Waals surface area contributed by atoms with Crippen LogP contribution in [0, 0.1) is 0 Å². The fourth-order valence-electron chi connectivity index (χ4n) is 0.870. The summed E-state index contributed by atoms with van der Waals surface area (Å²) in [6.45, 7) is 0. The first-order valence-corrected chi connectivity index (χ1v) is 5.44. The molecule has 0 aliphatic carbocycles. The van der Waals surface area contributed by atoms with Gasteiger partial charge in [-0.1, -0.05) is 18.2 Å². The van der Waals surface area contributed by atoms with Gasteiger partial charge in [-0.25, -0.2) is 5.06 Å². The van der Waals surface area contributed by atoms with Crippen molar-refractivity contribution < 1.29 is 25.9 Å². The lowest BCUT2D eigenvalue weighted by Crippen LogP contribution is -2.32. The van der Waals surface area contributed by atoms with Crippen LogP contribution in [0.15, 0.2) is 30.3 Å². The molecule has 1 aromatic carbocycles. The zero-order chi connectivity index (χ0) is 12.4. The fourth-order valence-corrected chi connectivity index (χ4v) is 1.34. The molecule has 0 amide bonds. The number of nitrogens with zero attached hydrogens (tertiary/aromatic N) is 1. The molecular weight excluding hydrogens is 247 g/mol. The first kappa shape index (κ1) is 12.8. The first-order valence-electron chi connectivity index (χ1n) is 4.04. The summed E-state index contributed by atoms with van der Waals surface area (Å²) in [4.78, 5) is 0. The Morgan fingerprint density at radius 2 is 1.69 bits per heavy atom. The van der Waals surface area contributed by atoms with Crippen LogP contribution in [0.3, 0.4) is 0 Å². The van der Waals surface area contributed by atoms with Gasteiger partial charge >= 0.3 is 15.6 Å². The molecule has 16 heavy (non-hydrogen) atoms. The van der Waals surface area contributed by atoms with Gasteiger partial charge in [-0.15, -0.1) is 4.28 Å². The Hall–Kier alpha value is -1.28. The maximum atomic E-state index is 12.0. The minimum atomic E-state index is -5.62. The molecule has 0 spiro atoms. The van der Waals surface area contributed by atoms with Gasteiger partial charge in [-0.3, -0.25) is 0 Å². The van der Waals surface area contributed by atoms with Crippen molar-refractivity contribution in [1.29, 1.82) is 0 Å². The summed E-state index contributed by atoms with van der Waals surface area (Å²) < 4.78 is 61.1. The second-order valence-electron chi connectivity index (χ2n) is 2.81. The third-order valence-electron chi connectivity index (χ3n) is 1.61. The summed E-state index contributed by atoms with van der Waals surface area (Å²) in [5, 5.41) is 0.531. The highest BCUT2D eigenvalue weighted by molar-refractivity contribution is 7.87. The highest BCUT2D eigenvalue weighted by Crippen LogP contribution is 2.26. The summed E-state index contributed by atoms with van der Waals surface area (Å²) in [6, 6.07) is 7.53. The monoisotopic (exact) mass is 255 g/mol. The summed E-state index contributed by atoms with van der Waals surface area (Å²) in [7, 11) is -4.55. The van der Waals surface area contributed by atoms with Gasteiger partial charge in [0.2, 0.25) is 0 Å². The number of halogens is 3. The van der Waals surface area contributed by atoms with Crippen molar-refractivity contribution in [2.24, 2.45) is 0 Å². The number of hydroxylamine groups is 1. The van der Waals surface area contributed by atoms with Gasteiger partial charge in [-0.05, 0) is 12.1 Å². The molecule has 8 heteroatoms. The van der Waals surface area contributed by atoms with Crippen LogP contribution < -0.4 is 5.06 Å². The third kappa shape index (κ3) is 2.86. The Kier molecular flexibility index (Phi) is 3.44. The normalized spacial score (nSPS) is 12.5. The molecule has 0 saturated heterocycles. The van der Waals surface area contributed by atoms with Gasteiger partial charge in [0.15, 0.2) is 0 Å². The van der Waals surface area contributed by atoms with Gasteiger partial charge in [0.25, 0.3) is 0 Å². The van der Waals surface area contributed by atoms with Crippen LogP contribution >= 0.6 is 0 Å². The van der Waals surface area contributed by atoms with Crippen molar-refractivity contribution in [1.82, 2.24) is 0 Å². The van der Waals surface area contributed by atoms with E-state index in [2.05, 4.69) is 4.28 Å². The molecule has 0 bridgehead atoms. The van der Waals surface area contributed by atoms with Crippen LogP contribution in [0.2, 0.25) is 0 Å². The summed E-state index contributed by atoms with van der Waals surface area (Å²) in [6.07, 6.45) is 0. The molecule has 0 saturated carbocycles. The van der Waals surface area contributed by atoms with Crippen LogP contribution in [0.5, 0.6) is 0 Å². The van der Waals surface area contributed by atoms with E-state index < -0.39 is 15.6 Å². The number of hydrogen-bond acceptors (Lipinski definition) is 4. The van der Waals surface area contributed by atoms with E-state index in [4.69, 9.17) is 0 Å². The minimum absolute atomic E-state index is 0.190. The summed E-state index contributed by atoms with van der Waals surface area (Å²) >= 11 is 0. The number of para-hydroxylation sites is 1. The fraction of sp³-hybridized carbons (Fsp3) is 0.250. The molecule has 0 atom stereocenters. The highest BCUT2D eigenvalue weighted by atomic mass is 32.2. The summed E-state index contributed by atoms with van der Waals surface area (Å²) in [5.41, 5.74) is -5.24. The minimum Gasteiger partial charge on any atom is -0.239 e. The average Bonchev–Trinajstić information content (AvgIpc) is 2.16. The van der Waals surface area contributed by atoms with Crippen molar-refractivity contribution in [3.05, 3.63) is 30.3 Å². The Morgan fingerprint density at radius 1 is 1.19 bits per heavy atom. The van der Waals surface area contributed by atoms with E-state index in [0.29, 0.717) is 5.06 Å². The largest absolute Gasteiger partial charge is 0.525 e. The highest BCUT2D eigenvalue weighted by Gasteiger charge is 2.48. The van der Waals surface area contributed by atoms with Crippen LogP contribution in [-0.2, 0) is 14.4 Å². The van der Waals surface area contributed by atoms with E-state index in [1.807, 2.05) is 0 Å². The van der Waals surface area contributed by atoms with Gasteiger partial charge < -0.3 is 0 Å². The van der Waals surface area contributed by atoms with Crippen molar-refractivity contribution in [3.8, 4) is 0 Å². The lowest BCUT2D eigenvalue weighted by atomic mass is 10.3. The molecule has 90 valence electrons. The van der Waals surface area contributed by atoms with Crippen LogP contribution in [-0.4, -0.2) is 21.0 Å². The standard InChI is InChI=1S/C8H8F3NO3S/c1-12(7-5-3-2-4-6-7)15-16(13,14)8(9,10)11/h2-6H,1H3. The SMILES string of the molecule is CN(OS(=O)(=O)C(F)(F)F)c1ccccc1. The topological polar surface area (TPSA) is 46.6 Å². The van der Waals surface area contributed by atoms with Crippen molar-refractivity contribution in [2.75, 3.05) is 12.1 Å². The summed E-state index contributed by atoms with van der Waals surface area (Å²) in [5.74, 6) is 0. The van der Waals surface area contributed by atoms with Gasteiger partial charge in [0.05, 0.1) is 5.69 Å². The molecule has 4 nitrogen and oxygen atoms in total. The molecule has 0 unspecified atom stereocenters. The Morgan fingerprint density at radius 3 is 2.12 bits per heavy atom. The molecule has 1 rings (SSSR count). The van der Waals surface area contributed by atoms with E-state index in [1.54, 1.807) is 6.07 Å². The van der Waals surface area contributed by atoms with Crippen LogP contribution in [0.1, 0.15) is 0 Å². The van der Waals surface area contributed by atoms with Crippen LogP contribution in [0.4, 0.5) is 18.9 Å². The quantitative estimate of drug-likeness (QED) is 0.611. The number of alkyl halides is 3. The van der Waals surface area contributed by atoms with Crippen LogP contribution in [0.25, 0.3) is 0 Å². The second kappa shape index (κ2) is 4.30. The smallest absolute Gasteiger partial charge is 0.239 e. The molecule has 0 aliphatic heterocycles. The second-order valence-corrected chi connectivity index (χ2v) is 4.33. The molecule has 0 aliphatic rings. The predicted molar refractivity (Wildman–Crippen MR) is 50.9 cm³/mol. The molecule has 0 N–H and O–H groups in total. The van der Waals surface area contributed by atoms with E-state index in [0.717, 1.165) is 7.05 Å². The van der Waals surface area contributed by atoms with Gasteiger partial charge in [-0.2, -0.15) is 21.6 Å². The molecular formula is C8H8F3NO3S. The zero-order valence-corrected chi connectivity index (χ0v) is 8.92. The molecule has 0 fully saturated rings. The number of rotatable bonds is 3. The maximum absolute atomic E-state index is 12.0. The molecule has 0 aromatic heterocycles. The predicted octanol–water partition coefficient (Wildman–Crippen LogP) is 1.90. The van der Waals surface area contributed by atoms with E-state index in [1.165, 1.54) is 24.3 Å². The molecule has 0 radical (unpaired) electrons. The average molecular weight is 255 g/mol. The van der Waals surface area contributed by atoms with Crippen molar-refractivity contribution in [3.63, 3.8) is 0 Å². The third-order valence-corrected chi connectivity index (χ3v) is 2.60. The Labute approximate surface area is 90.3 Å². The van der Waals surface area contributed by atoms with E-state index >= 15 is 0 Å². The van der Waals surface area contributed by atoms with Gasteiger partial charge in [0, 0.05) is 7.05 Å². The zero-order valence-electron chi connectivity index (χ0n) is 8.10. The van der Waals surface area contributed by atoms with Crippen molar-refractivity contribution >= 4 is 15.8 Å². The Bertz CT molecular complexity index is 443. The lowest BCUT2D eigenvalue weighted by Gasteiger charge is -2.18.